The largest absolute Gasteiger partial charge is 0.512 e. The molecule has 1 unspecified atom stereocenters. The van der Waals surface area contributed by atoms with Crippen LogP contribution in [0.5, 0.6) is 0 Å². The highest BCUT2D eigenvalue weighted by molar-refractivity contribution is 5.20. The minimum atomic E-state index is -0.480. The second kappa shape index (κ2) is 4.66. The third-order valence-electron chi connectivity index (χ3n) is 3.70. The molecule has 0 aromatic rings. The molecule has 0 bridgehead atoms. The van der Waals surface area contributed by atoms with Gasteiger partial charge in [-0.1, -0.05) is 13.8 Å². The van der Waals surface area contributed by atoms with Crippen molar-refractivity contribution in [2.75, 3.05) is 7.11 Å². The highest BCUT2D eigenvalue weighted by Gasteiger charge is 2.58. The zero-order chi connectivity index (χ0) is 12.4. The average molecular weight is 228 g/mol. The molecule has 94 valence electrons. The first kappa shape index (κ1) is 13.4. The van der Waals surface area contributed by atoms with E-state index in [-0.39, 0.29) is 11.5 Å². The van der Waals surface area contributed by atoms with Crippen molar-refractivity contribution in [3.63, 3.8) is 0 Å². The van der Waals surface area contributed by atoms with Crippen molar-refractivity contribution >= 4 is 0 Å². The minimum absolute atomic E-state index is 0.0434. The smallest absolute Gasteiger partial charge is 0.163 e. The van der Waals surface area contributed by atoms with Crippen LogP contribution in [0.1, 0.15) is 47.0 Å². The van der Waals surface area contributed by atoms with Crippen LogP contribution in [0.15, 0.2) is 12.0 Å². The van der Waals surface area contributed by atoms with E-state index in [1.165, 1.54) is 0 Å². The van der Waals surface area contributed by atoms with Crippen molar-refractivity contribution in [3.05, 3.63) is 12.0 Å². The number of methoxy groups -OCH3 is 1. The standard InChI is InChI=1S/C13H24O3/c1-6-13(15-5,12(4)7-8-12)11(9-14)16-10(2)3/h9-10,14H,6-8H2,1-5H3/b11-9-. The third-order valence-corrected chi connectivity index (χ3v) is 3.70. The summed E-state index contributed by atoms with van der Waals surface area (Å²) in [6.45, 7) is 8.16. The fourth-order valence-electron chi connectivity index (χ4n) is 2.46. The number of aliphatic hydroxyl groups excluding tert-OH is 1. The summed E-state index contributed by atoms with van der Waals surface area (Å²) in [6, 6.07) is 0. The summed E-state index contributed by atoms with van der Waals surface area (Å²) in [7, 11) is 1.69. The maximum Gasteiger partial charge on any atom is 0.163 e. The molecule has 0 aromatic carbocycles. The summed E-state index contributed by atoms with van der Waals surface area (Å²) in [4.78, 5) is 0. The van der Waals surface area contributed by atoms with Crippen molar-refractivity contribution in [1.82, 2.24) is 0 Å². The van der Waals surface area contributed by atoms with Crippen LogP contribution in [-0.2, 0) is 9.47 Å². The van der Waals surface area contributed by atoms with E-state index in [2.05, 4.69) is 13.8 Å². The van der Waals surface area contributed by atoms with E-state index in [9.17, 15) is 5.11 Å². The topological polar surface area (TPSA) is 38.7 Å². The minimum Gasteiger partial charge on any atom is -0.512 e. The number of ether oxygens (including phenoxy) is 2. The van der Waals surface area contributed by atoms with Crippen LogP contribution in [-0.4, -0.2) is 23.9 Å². The van der Waals surface area contributed by atoms with Gasteiger partial charge in [-0.3, -0.25) is 0 Å². The van der Waals surface area contributed by atoms with Crippen molar-refractivity contribution in [2.45, 2.75) is 58.7 Å². The summed E-state index contributed by atoms with van der Waals surface area (Å²) in [6.07, 6.45) is 4.15. The van der Waals surface area contributed by atoms with Gasteiger partial charge >= 0.3 is 0 Å². The molecule has 1 saturated carbocycles. The Labute approximate surface area is 98.4 Å². The molecule has 16 heavy (non-hydrogen) atoms. The van der Waals surface area contributed by atoms with Crippen LogP contribution in [0.4, 0.5) is 0 Å². The van der Waals surface area contributed by atoms with Crippen LogP contribution in [0.2, 0.25) is 0 Å². The molecule has 1 fully saturated rings. The van der Waals surface area contributed by atoms with E-state index < -0.39 is 5.60 Å². The van der Waals surface area contributed by atoms with Gasteiger partial charge in [0.2, 0.25) is 0 Å². The summed E-state index contributed by atoms with van der Waals surface area (Å²) in [5, 5.41) is 9.40. The lowest BCUT2D eigenvalue weighted by molar-refractivity contribution is -0.0873. The summed E-state index contributed by atoms with van der Waals surface area (Å²) < 4.78 is 11.4. The number of hydrogen-bond acceptors (Lipinski definition) is 3. The Kier molecular flexibility index (Phi) is 3.89. The zero-order valence-corrected chi connectivity index (χ0v) is 11.0. The molecule has 1 aliphatic rings. The van der Waals surface area contributed by atoms with Crippen LogP contribution in [0, 0.1) is 5.41 Å². The van der Waals surface area contributed by atoms with Gasteiger partial charge in [-0.05, 0) is 33.1 Å². The number of hydrogen-bond donors (Lipinski definition) is 1. The molecule has 0 radical (unpaired) electrons. The molecule has 0 aliphatic heterocycles. The van der Waals surface area contributed by atoms with Gasteiger partial charge in [0.25, 0.3) is 0 Å². The van der Waals surface area contributed by atoms with Gasteiger partial charge in [0.05, 0.1) is 6.10 Å². The quantitative estimate of drug-likeness (QED) is 0.708. The van der Waals surface area contributed by atoms with E-state index in [4.69, 9.17) is 9.47 Å². The molecule has 1 aliphatic carbocycles. The second-order valence-electron chi connectivity index (χ2n) is 5.11. The monoisotopic (exact) mass is 228 g/mol. The molecule has 0 amide bonds. The molecule has 3 heteroatoms. The lowest BCUT2D eigenvalue weighted by Gasteiger charge is -2.39. The third kappa shape index (κ3) is 2.05. The Balaban J connectivity index is 3.00. The van der Waals surface area contributed by atoms with Crippen molar-refractivity contribution in [3.8, 4) is 0 Å². The number of rotatable bonds is 6. The van der Waals surface area contributed by atoms with Crippen molar-refractivity contribution in [1.29, 1.82) is 0 Å². The normalized spacial score (nSPS) is 23.0. The molecule has 1 N–H and O–H groups in total. The number of aliphatic hydroxyl groups is 1. The van der Waals surface area contributed by atoms with Crippen LogP contribution < -0.4 is 0 Å². The van der Waals surface area contributed by atoms with E-state index in [0.717, 1.165) is 25.5 Å². The lowest BCUT2D eigenvalue weighted by Crippen LogP contribution is -2.43. The van der Waals surface area contributed by atoms with E-state index in [1.54, 1.807) is 7.11 Å². The Morgan fingerprint density at radius 3 is 2.31 bits per heavy atom. The van der Waals surface area contributed by atoms with E-state index in [0.29, 0.717) is 5.76 Å². The maximum absolute atomic E-state index is 9.40. The van der Waals surface area contributed by atoms with Gasteiger partial charge in [0.15, 0.2) is 5.76 Å². The first-order chi connectivity index (χ1) is 7.45. The summed E-state index contributed by atoms with van der Waals surface area (Å²) >= 11 is 0. The highest BCUT2D eigenvalue weighted by Crippen LogP contribution is 2.59. The molecule has 0 aromatic heterocycles. The molecule has 1 rings (SSSR count). The molecular formula is C13H24O3. The van der Waals surface area contributed by atoms with Crippen molar-refractivity contribution < 1.29 is 14.6 Å². The first-order valence-electron chi connectivity index (χ1n) is 6.02. The van der Waals surface area contributed by atoms with Gasteiger partial charge in [-0.15, -0.1) is 0 Å². The summed E-state index contributed by atoms with van der Waals surface area (Å²) in [5.41, 5.74) is -0.383. The Bertz CT molecular complexity index is 260. The van der Waals surface area contributed by atoms with Crippen molar-refractivity contribution in [2.24, 2.45) is 5.41 Å². The zero-order valence-electron chi connectivity index (χ0n) is 11.0. The molecular weight excluding hydrogens is 204 g/mol. The fourth-order valence-corrected chi connectivity index (χ4v) is 2.46. The Morgan fingerprint density at radius 1 is 1.50 bits per heavy atom. The van der Waals surface area contributed by atoms with Gasteiger partial charge < -0.3 is 14.6 Å². The maximum atomic E-state index is 9.40. The lowest BCUT2D eigenvalue weighted by atomic mass is 9.81. The predicted molar refractivity (Wildman–Crippen MR) is 64.3 cm³/mol. The summed E-state index contributed by atoms with van der Waals surface area (Å²) in [5.74, 6) is 0.563. The SMILES string of the molecule is CCC(OC)(/C(=C/O)OC(C)C)C1(C)CC1. The average Bonchev–Trinajstić information content (AvgIpc) is 2.98. The fraction of sp³-hybridized carbons (Fsp3) is 0.846. The van der Waals surface area contributed by atoms with Crippen LogP contribution in [0.25, 0.3) is 0 Å². The Hall–Kier alpha value is -0.700. The Morgan fingerprint density at radius 2 is 2.06 bits per heavy atom. The van der Waals surface area contributed by atoms with E-state index >= 15 is 0 Å². The highest BCUT2D eigenvalue weighted by atomic mass is 16.5. The molecule has 3 nitrogen and oxygen atoms in total. The van der Waals surface area contributed by atoms with E-state index in [1.807, 2.05) is 13.8 Å². The predicted octanol–water partition coefficient (Wildman–Crippen LogP) is 3.41. The van der Waals surface area contributed by atoms with Gasteiger partial charge in [-0.25, -0.2) is 0 Å². The molecule has 0 spiro atoms. The van der Waals surface area contributed by atoms with Gasteiger partial charge in [-0.2, -0.15) is 0 Å². The van der Waals surface area contributed by atoms with Crippen LogP contribution >= 0.6 is 0 Å². The van der Waals surface area contributed by atoms with Gasteiger partial charge in [0.1, 0.15) is 11.9 Å². The molecule has 1 atom stereocenters. The molecule has 0 heterocycles. The van der Waals surface area contributed by atoms with Crippen LogP contribution in [0.3, 0.4) is 0 Å². The van der Waals surface area contributed by atoms with Gasteiger partial charge in [0, 0.05) is 12.5 Å². The first-order valence-corrected chi connectivity index (χ1v) is 6.02. The second-order valence-corrected chi connectivity index (χ2v) is 5.11. The molecule has 0 saturated heterocycles.